The fraction of sp³-hybridized carbons (Fsp3) is 0.444. The van der Waals surface area contributed by atoms with Crippen LogP contribution in [0.15, 0.2) is 36.7 Å². The molecule has 0 saturated heterocycles. The molecule has 0 saturated carbocycles. The third-order valence-corrected chi connectivity index (χ3v) is 3.51. The van der Waals surface area contributed by atoms with E-state index in [1.165, 1.54) is 11.1 Å². The molecule has 0 unspecified atom stereocenters. The molecule has 2 rings (SSSR count). The van der Waals surface area contributed by atoms with Gasteiger partial charge in [-0.2, -0.15) is 0 Å². The first-order chi connectivity index (χ1) is 9.18. The quantitative estimate of drug-likeness (QED) is 0.563. The van der Waals surface area contributed by atoms with E-state index in [0.29, 0.717) is 0 Å². The van der Waals surface area contributed by atoms with Gasteiger partial charge in [0.1, 0.15) is 0 Å². The molecule has 23 heavy (non-hydrogen) atoms. The van der Waals surface area contributed by atoms with Gasteiger partial charge in [0, 0.05) is 34.8 Å². The Morgan fingerprint density at radius 3 is 1.22 bits per heavy atom. The van der Waals surface area contributed by atoms with E-state index in [1.807, 2.05) is 12.4 Å². The zero-order valence-corrected chi connectivity index (χ0v) is 16.8. The zero-order chi connectivity index (χ0) is 15.0. The number of rotatable bonds is 1. The van der Waals surface area contributed by atoms with E-state index in [0.717, 1.165) is 11.4 Å². The molecular weight excluding hydrogens is 473 g/mol. The van der Waals surface area contributed by atoms with Crippen LogP contribution in [0.5, 0.6) is 0 Å². The Bertz CT molecular complexity index is 561. The molecule has 0 aliphatic heterocycles. The van der Waals surface area contributed by atoms with Crippen LogP contribution < -0.4 is 0 Å². The predicted molar refractivity (Wildman–Crippen MR) is 92.1 cm³/mol. The second kappa shape index (κ2) is 8.71. The molecule has 0 aliphatic rings. The molecule has 2 aromatic heterocycles. The van der Waals surface area contributed by atoms with E-state index < -0.39 is 0 Å². The predicted octanol–water partition coefficient (Wildman–Crippen LogP) is 3.09. The maximum absolute atomic E-state index is 4.48. The number of hydrogen-bond acceptors (Lipinski definition) is 2. The van der Waals surface area contributed by atoms with Crippen molar-refractivity contribution in [3.63, 3.8) is 0 Å². The Morgan fingerprint density at radius 2 is 0.957 bits per heavy atom. The van der Waals surface area contributed by atoms with Crippen LogP contribution in [0.25, 0.3) is 11.4 Å². The fourth-order valence-electron chi connectivity index (χ4n) is 2.07. The second-order valence-corrected chi connectivity index (χ2v) is 7.36. The minimum atomic E-state index is 0. The zero-order valence-electron chi connectivity index (χ0n) is 14.7. The van der Waals surface area contributed by atoms with E-state index in [-0.39, 0.29) is 44.2 Å². The van der Waals surface area contributed by atoms with E-state index in [1.54, 1.807) is 0 Å². The van der Waals surface area contributed by atoms with Crippen LogP contribution in [0.3, 0.4) is 0 Å². The Balaban J connectivity index is 0. The van der Waals surface area contributed by atoms with Crippen LogP contribution in [0.1, 0.15) is 52.7 Å². The first kappa shape index (κ1) is 24.2. The van der Waals surface area contributed by atoms with Gasteiger partial charge < -0.3 is 11.0 Å². The summed E-state index contributed by atoms with van der Waals surface area (Å²) in [5, 5.41) is 0. The molecule has 0 aliphatic carbocycles. The normalized spacial score (nSPS) is 10.9. The van der Waals surface area contributed by atoms with Crippen molar-refractivity contribution in [1.82, 2.24) is 9.97 Å². The third-order valence-electron chi connectivity index (χ3n) is 3.51. The maximum atomic E-state index is 4.48. The Labute approximate surface area is 154 Å². The largest absolute Gasteiger partial charge is 0.412 e. The average molecular weight is 501 g/mol. The molecule has 0 bridgehead atoms. The van der Waals surface area contributed by atoms with Crippen molar-refractivity contribution in [1.29, 1.82) is 0 Å². The van der Waals surface area contributed by atoms with Gasteiger partial charge >= 0.3 is 0 Å². The van der Waals surface area contributed by atoms with Crippen molar-refractivity contribution in [3.8, 4) is 11.4 Å². The van der Waals surface area contributed by atoms with Crippen molar-refractivity contribution >= 4 is 0 Å². The fourth-order valence-corrected chi connectivity index (χ4v) is 2.07. The van der Waals surface area contributed by atoms with Crippen LogP contribution >= 0.6 is 0 Å². The summed E-state index contributed by atoms with van der Waals surface area (Å²) >= 11 is 0. The standard InChI is InChI=1S/C18H24N2.Au.2H2O/c1-17(2,3)13-7-9-19-15(11-13)16-12-14(8-10-20-16)18(4,5)6;;;/h7-12H,1-6H3;;2*1H2. The molecule has 4 N–H and O–H groups in total. The molecule has 0 spiro atoms. The minimum absolute atomic E-state index is 0. The Hall–Kier alpha value is -1.04. The maximum Gasteiger partial charge on any atom is 0.0889 e. The Kier molecular flexibility index (Phi) is 9.17. The molecule has 133 valence electrons. The van der Waals surface area contributed by atoms with Crippen molar-refractivity contribution in [2.24, 2.45) is 0 Å². The molecular formula is C18H28AuN2O2. The van der Waals surface area contributed by atoms with Crippen molar-refractivity contribution < 1.29 is 33.3 Å². The molecule has 0 amide bonds. The first-order valence-electron chi connectivity index (χ1n) is 7.11. The van der Waals surface area contributed by atoms with Gasteiger partial charge in [0.25, 0.3) is 0 Å². The van der Waals surface area contributed by atoms with Gasteiger partial charge in [-0.1, -0.05) is 41.5 Å². The molecule has 0 aromatic carbocycles. The summed E-state index contributed by atoms with van der Waals surface area (Å²) < 4.78 is 0. The molecule has 0 fully saturated rings. The summed E-state index contributed by atoms with van der Waals surface area (Å²) in [7, 11) is 0. The summed E-state index contributed by atoms with van der Waals surface area (Å²) in [6.45, 7) is 13.3. The molecule has 2 heterocycles. The van der Waals surface area contributed by atoms with E-state index in [2.05, 4.69) is 75.8 Å². The summed E-state index contributed by atoms with van der Waals surface area (Å²) in [6.07, 6.45) is 3.75. The number of pyridine rings is 2. The Morgan fingerprint density at radius 1 is 0.652 bits per heavy atom. The van der Waals surface area contributed by atoms with Crippen molar-refractivity contribution in [3.05, 3.63) is 47.8 Å². The van der Waals surface area contributed by atoms with Crippen LogP contribution in [-0.4, -0.2) is 20.9 Å². The summed E-state index contributed by atoms with van der Waals surface area (Å²) in [5.74, 6) is 0. The molecule has 2 aromatic rings. The number of nitrogens with zero attached hydrogens (tertiary/aromatic N) is 2. The van der Waals surface area contributed by atoms with E-state index in [9.17, 15) is 0 Å². The third kappa shape index (κ3) is 6.17. The van der Waals surface area contributed by atoms with Crippen molar-refractivity contribution in [2.75, 3.05) is 0 Å². The monoisotopic (exact) mass is 501 g/mol. The summed E-state index contributed by atoms with van der Waals surface area (Å²) in [6, 6.07) is 8.46. The van der Waals surface area contributed by atoms with Crippen LogP contribution in [0, 0.1) is 0 Å². The van der Waals surface area contributed by atoms with Gasteiger partial charge in [-0.15, -0.1) is 0 Å². The van der Waals surface area contributed by atoms with Crippen LogP contribution in [0.2, 0.25) is 0 Å². The smallest absolute Gasteiger partial charge is 0.0889 e. The van der Waals surface area contributed by atoms with Gasteiger partial charge in [0.2, 0.25) is 0 Å². The summed E-state index contributed by atoms with van der Waals surface area (Å²) in [5.41, 5.74) is 4.71. The molecule has 1 radical (unpaired) electrons. The summed E-state index contributed by atoms with van der Waals surface area (Å²) in [4.78, 5) is 8.97. The van der Waals surface area contributed by atoms with Gasteiger partial charge in [-0.3, -0.25) is 9.97 Å². The van der Waals surface area contributed by atoms with Gasteiger partial charge in [-0.25, -0.2) is 0 Å². The van der Waals surface area contributed by atoms with E-state index >= 15 is 0 Å². The molecule has 5 heteroatoms. The topological polar surface area (TPSA) is 88.8 Å². The second-order valence-electron chi connectivity index (χ2n) is 7.36. The average Bonchev–Trinajstić information content (AvgIpc) is 2.37. The minimum Gasteiger partial charge on any atom is -0.412 e. The van der Waals surface area contributed by atoms with Gasteiger partial charge in [0.05, 0.1) is 11.4 Å². The number of hydrogen-bond donors (Lipinski definition) is 0. The molecule has 0 atom stereocenters. The van der Waals surface area contributed by atoms with Crippen LogP contribution in [-0.2, 0) is 33.2 Å². The van der Waals surface area contributed by atoms with Crippen molar-refractivity contribution in [2.45, 2.75) is 52.4 Å². The van der Waals surface area contributed by atoms with Crippen LogP contribution in [0.4, 0.5) is 0 Å². The first-order valence-corrected chi connectivity index (χ1v) is 7.11. The van der Waals surface area contributed by atoms with Gasteiger partial charge in [-0.05, 0) is 46.2 Å². The van der Waals surface area contributed by atoms with Gasteiger partial charge in [0.15, 0.2) is 0 Å². The SMILES string of the molecule is CC(C)(C)c1ccnc(-c2cc(C(C)(C)C)ccn2)c1.O.O.[Au]. The molecule has 4 nitrogen and oxygen atoms in total. The van der Waals surface area contributed by atoms with E-state index in [4.69, 9.17) is 0 Å². The number of aromatic nitrogens is 2.